The maximum atomic E-state index is 12.0. The highest BCUT2D eigenvalue weighted by Crippen LogP contribution is 2.26. The van der Waals surface area contributed by atoms with Crippen LogP contribution in [0.25, 0.3) is 0 Å². The number of methoxy groups -OCH3 is 1. The molecular weight excluding hydrogens is 458 g/mol. The van der Waals surface area contributed by atoms with E-state index >= 15 is 0 Å². The zero-order chi connectivity index (χ0) is 25.7. The molecule has 0 unspecified atom stereocenters. The standard InChI is InChI=1S/C26H27N7O3/c1-16-11-19(4-5-20(16)26(35)36-2)32-23-12-22(21(15-29-23)25(28)34)31-18-7-9-33(10-8-18)24-6-3-17(13-27)14-30-24/h3-6,11-12,14-15,18H,7-10H2,1-2H3,(H2,28,34)(H2,29,31,32). The Hall–Kier alpha value is -4.65. The van der Waals surface area contributed by atoms with Gasteiger partial charge in [0.1, 0.15) is 17.7 Å². The van der Waals surface area contributed by atoms with Gasteiger partial charge >= 0.3 is 5.97 Å². The molecule has 0 radical (unpaired) electrons. The number of nitrogens with two attached hydrogens (primary N) is 1. The minimum atomic E-state index is -0.561. The first kappa shape index (κ1) is 24.5. The average molecular weight is 486 g/mol. The molecule has 36 heavy (non-hydrogen) atoms. The van der Waals surface area contributed by atoms with Crippen LogP contribution in [-0.2, 0) is 4.74 Å². The van der Waals surface area contributed by atoms with Crippen molar-refractivity contribution in [2.24, 2.45) is 5.73 Å². The van der Waals surface area contributed by atoms with E-state index in [0.717, 1.165) is 43.0 Å². The number of anilines is 4. The van der Waals surface area contributed by atoms with Crippen molar-refractivity contribution < 1.29 is 14.3 Å². The summed E-state index contributed by atoms with van der Waals surface area (Å²) in [5.74, 6) is 0.422. The second-order valence-electron chi connectivity index (χ2n) is 8.55. The van der Waals surface area contributed by atoms with E-state index in [2.05, 4.69) is 31.6 Å². The fourth-order valence-corrected chi connectivity index (χ4v) is 4.18. The fraction of sp³-hybridized carbons (Fsp3) is 0.269. The van der Waals surface area contributed by atoms with Crippen LogP contribution in [-0.4, -0.2) is 48.1 Å². The van der Waals surface area contributed by atoms with Gasteiger partial charge in [-0.2, -0.15) is 5.26 Å². The number of primary amides is 1. The first-order valence-electron chi connectivity index (χ1n) is 11.5. The summed E-state index contributed by atoms with van der Waals surface area (Å²) in [7, 11) is 1.35. The van der Waals surface area contributed by atoms with Gasteiger partial charge < -0.3 is 26.0 Å². The van der Waals surface area contributed by atoms with Crippen molar-refractivity contribution in [3.63, 3.8) is 0 Å². The lowest BCUT2D eigenvalue weighted by atomic mass is 10.0. The predicted octanol–water partition coefficient (Wildman–Crippen LogP) is 3.37. The molecule has 3 aromatic rings. The van der Waals surface area contributed by atoms with E-state index in [1.54, 1.807) is 30.5 Å². The van der Waals surface area contributed by atoms with E-state index in [-0.39, 0.29) is 6.04 Å². The number of benzene rings is 1. The summed E-state index contributed by atoms with van der Waals surface area (Å²) in [4.78, 5) is 34.8. The van der Waals surface area contributed by atoms with E-state index in [1.165, 1.54) is 13.3 Å². The summed E-state index contributed by atoms with van der Waals surface area (Å²) in [5.41, 5.74) is 9.06. The fourth-order valence-electron chi connectivity index (χ4n) is 4.18. The molecule has 1 saturated heterocycles. The molecule has 10 nitrogen and oxygen atoms in total. The first-order valence-corrected chi connectivity index (χ1v) is 11.5. The Morgan fingerprint density at radius 2 is 1.89 bits per heavy atom. The summed E-state index contributed by atoms with van der Waals surface area (Å²) in [6.45, 7) is 3.39. The molecule has 1 aliphatic heterocycles. The molecule has 0 spiro atoms. The number of amides is 1. The number of aromatic nitrogens is 2. The third-order valence-corrected chi connectivity index (χ3v) is 6.13. The number of carbonyl (C=O) groups excluding carboxylic acids is 2. The zero-order valence-corrected chi connectivity index (χ0v) is 20.1. The smallest absolute Gasteiger partial charge is 0.338 e. The number of nitriles is 1. The molecule has 2 aromatic heterocycles. The molecule has 1 amide bonds. The van der Waals surface area contributed by atoms with Gasteiger partial charge in [-0.05, 0) is 55.7 Å². The number of pyridine rings is 2. The van der Waals surface area contributed by atoms with Crippen LogP contribution in [0.5, 0.6) is 0 Å². The highest BCUT2D eigenvalue weighted by atomic mass is 16.5. The Morgan fingerprint density at radius 3 is 2.50 bits per heavy atom. The van der Waals surface area contributed by atoms with Crippen molar-refractivity contribution in [3.8, 4) is 6.07 Å². The van der Waals surface area contributed by atoms with E-state index in [4.69, 9.17) is 15.7 Å². The molecular formula is C26H27N7O3. The molecule has 10 heteroatoms. The molecule has 1 aliphatic rings. The number of ether oxygens (including phenoxy) is 1. The Bertz CT molecular complexity index is 1310. The number of piperidine rings is 1. The molecule has 0 bridgehead atoms. The van der Waals surface area contributed by atoms with E-state index in [0.29, 0.717) is 28.2 Å². The van der Waals surface area contributed by atoms with Crippen molar-refractivity contribution >= 4 is 34.9 Å². The molecule has 4 rings (SSSR count). The van der Waals surface area contributed by atoms with E-state index in [9.17, 15) is 9.59 Å². The minimum absolute atomic E-state index is 0.134. The average Bonchev–Trinajstić information content (AvgIpc) is 2.89. The summed E-state index contributed by atoms with van der Waals surface area (Å²) in [5, 5.41) is 15.6. The Labute approximate surface area is 209 Å². The third kappa shape index (κ3) is 5.52. The third-order valence-electron chi connectivity index (χ3n) is 6.13. The van der Waals surface area contributed by atoms with Gasteiger partial charge in [-0.25, -0.2) is 14.8 Å². The van der Waals surface area contributed by atoms with Crippen molar-refractivity contribution in [3.05, 3.63) is 71.0 Å². The highest BCUT2D eigenvalue weighted by Gasteiger charge is 2.22. The predicted molar refractivity (Wildman–Crippen MR) is 136 cm³/mol. The number of rotatable bonds is 7. The van der Waals surface area contributed by atoms with Crippen LogP contribution in [0.1, 0.15) is 44.7 Å². The Balaban J connectivity index is 1.45. The molecule has 4 N–H and O–H groups in total. The van der Waals surface area contributed by atoms with Gasteiger partial charge in [0, 0.05) is 43.3 Å². The Kier molecular flexibility index (Phi) is 7.30. The van der Waals surface area contributed by atoms with Gasteiger partial charge in [0.2, 0.25) is 0 Å². The van der Waals surface area contributed by atoms with Crippen LogP contribution < -0.4 is 21.3 Å². The lowest BCUT2D eigenvalue weighted by Crippen LogP contribution is -2.39. The molecule has 1 aromatic carbocycles. The summed E-state index contributed by atoms with van der Waals surface area (Å²) < 4.78 is 4.80. The van der Waals surface area contributed by atoms with Gasteiger partial charge in [0.25, 0.3) is 5.91 Å². The van der Waals surface area contributed by atoms with Crippen LogP contribution in [0.15, 0.2) is 48.8 Å². The highest BCUT2D eigenvalue weighted by molar-refractivity contribution is 5.98. The van der Waals surface area contributed by atoms with Crippen LogP contribution in [0, 0.1) is 18.3 Å². The van der Waals surface area contributed by atoms with Crippen LogP contribution in [0.2, 0.25) is 0 Å². The maximum Gasteiger partial charge on any atom is 0.338 e. The SMILES string of the molecule is COC(=O)c1ccc(Nc2cc(NC3CCN(c4ccc(C#N)cn4)CC3)c(C(N)=O)cn2)cc1C. The number of nitrogens with zero attached hydrogens (tertiary/aromatic N) is 4. The maximum absolute atomic E-state index is 12.0. The topological polar surface area (TPSA) is 146 Å². The summed E-state index contributed by atoms with van der Waals surface area (Å²) >= 11 is 0. The number of aryl methyl sites for hydroxylation is 1. The van der Waals surface area contributed by atoms with Crippen molar-refractivity contribution in [2.45, 2.75) is 25.8 Å². The van der Waals surface area contributed by atoms with Gasteiger partial charge in [-0.3, -0.25) is 4.79 Å². The lowest BCUT2D eigenvalue weighted by Gasteiger charge is -2.34. The number of hydrogen-bond acceptors (Lipinski definition) is 9. The second kappa shape index (κ2) is 10.7. The Morgan fingerprint density at radius 1 is 1.11 bits per heavy atom. The molecule has 3 heterocycles. The summed E-state index contributed by atoms with van der Waals surface area (Å²) in [6.07, 6.45) is 4.70. The molecule has 184 valence electrons. The van der Waals surface area contributed by atoms with Crippen LogP contribution in [0.4, 0.5) is 23.0 Å². The van der Waals surface area contributed by atoms with E-state index < -0.39 is 11.9 Å². The van der Waals surface area contributed by atoms with Gasteiger partial charge in [0.05, 0.1) is 29.5 Å². The number of nitrogens with one attached hydrogen (secondary N) is 2. The van der Waals surface area contributed by atoms with Crippen LogP contribution >= 0.6 is 0 Å². The minimum Gasteiger partial charge on any atom is -0.465 e. The van der Waals surface area contributed by atoms with Crippen molar-refractivity contribution in [2.75, 3.05) is 35.7 Å². The quantitative estimate of drug-likeness (QED) is 0.429. The summed E-state index contributed by atoms with van der Waals surface area (Å²) in [6, 6.07) is 12.9. The number of esters is 1. The number of hydrogen-bond donors (Lipinski definition) is 3. The molecule has 0 atom stereocenters. The molecule has 0 saturated carbocycles. The van der Waals surface area contributed by atoms with Gasteiger partial charge in [-0.1, -0.05) is 0 Å². The van der Waals surface area contributed by atoms with Gasteiger partial charge in [0.15, 0.2) is 0 Å². The van der Waals surface area contributed by atoms with E-state index in [1.807, 2.05) is 19.1 Å². The van der Waals surface area contributed by atoms with Crippen molar-refractivity contribution in [1.29, 1.82) is 5.26 Å². The largest absolute Gasteiger partial charge is 0.465 e. The second-order valence-corrected chi connectivity index (χ2v) is 8.55. The van der Waals surface area contributed by atoms with Crippen molar-refractivity contribution in [1.82, 2.24) is 9.97 Å². The number of carbonyl (C=O) groups is 2. The molecule has 1 fully saturated rings. The lowest BCUT2D eigenvalue weighted by molar-refractivity contribution is 0.0599. The van der Waals surface area contributed by atoms with Crippen LogP contribution in [0.3, 0.4) is 0 Å². The monoisotopic (exact) mass is 485 g/mol. The van der Waals surface area contributed by atoms with Gasteiger partial charge in [-0.15, -0.1) is 0 Å². The normalized spacial score (nSPS) is 13.5. The zero-order valence-electron chi connectivity index (χ0n) is 20.1. The molecule has 0 aliphatic carbocycles. The first-order chi connectivity index (χ1) is 17.4.